The molecule has 0 saturated heterocycles. The van der Waals surface area contributed by atoms with E-state index in [1.807, 2.05) is 18.4 Å². The number of nitrogens with zero attached hydrogens (tertiary/aromatic N) is 4. The fourth-order valence-corrected chi connectivity index (χ4v) is 5.25. The third-order valence-electron chi connectivity index (χ3n) is 6.15. The minimum absolute atomic E-state index is 0.00487. The lowest BCUT2D eigenvalue weighted by atomic mass is 10.0. The summed E-state index contributed by atoms with van der Waals surface area (Å²) >= 11 is 0. The molecule has 12 heteroatoms. The van der Waals surface area contributed by atoms with Crippen LogP contribution in [0.15, 0.2) is 84.4 Å². The van der Waals surface area contributed by atoms with Gasteiger partial charge >= 0.3 is 0 Å². The van der Waals surface area contributed by atoms with Crippen LogP contribution in [0.3, 0.4) is 0 Å². The number of fused-ring (bicyclic) bond motifs is 1. The van der Waals surface area contributed by atoms with Gasteiger partial charge in [0.15, 0.2) is 5.78 Å². The van der Waals surface area contributed by atoms with Gasteiger partial charge in [0.25, 0.3) is 10.0 Å². The molecule has 2 aromatic carbocycles. The number of carbonyl (C=O) groups is 1. The molecule has 0 fully saturated rings. The number of nitrogen functional groups attached to an aromatic ring is 1. The van der Waals surface area contributed by atoms with Crippen molar-refractivity contribution in [2.45, 2.75) is 24.8 Å². The molecule has 0 aliphatic heterocycles. The molecule has 5 rings (SSSR count). The largest absolute Gasteiger partial charge is 0.495 e. The number of hydrogen-bond acceptors (Lipinski definition) is 9. The number of aromatic nitrogens is 4. The summed E-state index contributed by atoms with van der Waals surface area (Å²) in [7, 11) is -2.63. The highest BCUT2D eigenvalue weighted by atomic mass is 32.2. The molecule has 11 nitrogen and oxygen atoms in total. The van der Waals surface area contributed by atoms with Crippen LogP contribution in [0.4, 0.5) is 11.5 Å². The van der Waals surface area contributed by atoms with Gasteiger partial charge in [0.2, 0.25) is 0 Å². The number of nitrogens with two attached hydrogens (primary N) is 1. The van der Waals surface area contributed by atoms with Crippen LogP contribution < -0.4 is 19.9 Å². The van der Waals surface area contributed by atoms with Crippen LogP contribution in [0.1, 0.15) is 35.8 Å². The van der Waals surface area contributed by atoms with Crippen LogP contribution in [0.25, 0.3) is 11.0 Å². The lowest BCUT2D eigenvalue weighted by Gasteiger charge is -2.14. The zero-order chi connectivity index (χ0) is 28.4. The van der Waals surface area contributed by atoms with E-state index in [-0.39, 0.29) is 39.5 Å². The van der Waals surface area contributed by atoms with Gasteiger partial charge in [-0.2, -0.15) is 0 Å². The van der Waals surface area contributed by atoms with Crippen molar-refractivity contribution in [1.29, 1.82) is 0 Å². The maximum Gasteiger partial charge on any atom is 0.262 e. The maximum atomic E-state index is 13.7. The van der Waals surface area contributed by atoms with Gasteiger partial charge in [-0.25, -0.2) is 18.4 Å². The second kappa shape index (κ2) is 10.7. The topological polar surface area (TPSA) is 151 Å². The molecular weight excluding hydrogens is 532 g/mol. The van der Waals surface area contributed by atoms with Crippen molar-refractivity contribution in [3.63, 3.8) is 0 Å². The van der Waals surface area contributed by atoms with E-state index >= 15 is 0 Å². The Morgan fingerprint density at radius 2 is 1.82 bits per heavy atom. The van der Waals surface area contributed by atoms with Gasteiger partial charge in [0.05, 0.1) is 34.8 Å². The SMILES string of the molecule is COc1ccc(C(=O)c2cn(C(C)C)c3ncnc(N)c23)cc1NS(=O)(=O)c1ccc(Oc2cccnc2)cc1. The number of ether oxygens (including phenoxy) is 2. The van der Waals surface area contributed by atoms with Gasteiger partial charge in [0, 0.05) is 24.0 Å². The van der Waals surface area contributed by atoms with Crippen molar-refractivity contribution >= 4 is 38.3 Å². The summed E-state index contributed by atoms with van der Waals surface area (Å²) in [6, 6.07) is 13.9. The molecule has 0 bridgehead atoms. The smallest absolute Gasteiger partial charge is 0.262 e. The summed E-state index contributed by atoms with van der Waals surface area (Å²) < 4.78 is 41.9. The zero-order valence-corrected chi connectivity index (χ0v) is 22.7. The van der Waals surface area contributed by atoms with Gasteiger partial charge in [-0.1, -0.05) is 0 Å². The third-order valence-corrected chi connectivity index (χ3v) is 7.53. The minimum Gasteiger partial charge on any atom is -0.495 e. The monoisotopic (exact) mass is 558 g/mol. The van der Waals surface area contributed by atoms with Crippen LogP contribution in [-0.2, 0) is 10.0 Å². The quantitative estimate of drug-likeness (QED) is 0.243. The molecule has 0 saturated carbocycles. The van der Waals surface area contributed by atoms with Gasteiger partial charge < -0.3 is 19.8 Å². The van der Waals surface area contributed by atoms with Crippen LogP contribution >= 0.6 is 0 Å². The molecule has 3 N–H and O–H groups in total. The van der Waals surface area contributed by atoms with E-state index in [4.69, 9.17) is 15.2 Å². The normalized spacial score (nSPS) is 11.5. The minimum atomic E-state index is -4.04. The zero-order valence-electron chi connectivity index (χ0n) is 21.9. The summed E-state index contributed by atoms with van der Waals surface area (Å²) in [5, 5.41) is 0.438. The van der Waals surface area contributed by atoms with Crippen molar-refractivity contribution < 1.29 is 22.7 Å². The summed E-state index contributed by atoms with van der Waals surface area (Å²) in [5.41, 5.74) is 7.30. The van der Waals surface area contributed by atoms with E-state index in [0.29, 0.717) is 28.1 Å². The van der Waals surface area contributed by atoms with Gasteiger partial charge in [-0.15, -0.1) is 0 Å². The van der Waals surface area contributed by atoms with Crippen molar-refractivity contribution in [1.82, 2.24) is 19.5 Å². The highest BCUT2D eigenvalue weighted by Crippen LogP contribution is 2.32. The molecule has 0 aliphatic carbocycles. The van der Waals surface area contributed by atoms with Crippen LogP contribution in [0, 0.1) is 0 Å². The molecule has 0 spiro atoms. The van der Waals surface area contributed by atoms with E-state index in [1.54, 1.807) is 36.8 Å². The number of ketones is 1. The first kappa shape index (κ1) is 26.6. The summed E-state index contributed by atoms with van der Waals surface area (Å²) in [4.78, 5) is 26.0. The maximum absolute atomic E-state index is 13.7. The van der Waals surface area contributed by atoms with Crippen molar-refractivity contribution in [2.75, 3.05) is 17.6 Å². The van der Waals surface area contributed by atoms with Crippen molar-refractivity contribution in [2.24, 2.45) is 0 Å². The summed E-state index contributed by atoms with van der Waals surface area (Å²) in [6.45, 7) is 3.92. The second-order valence-electron chi connectivity index (χ2n) is 9.11. The molecule has 204 valence electrons. The Balaban J connectivity index is 1.45. The lowest BCUT2D eigenvalue weighted by Crippen LogP contribution is -2.14. The number of carbonyl (C=O) groups excluding carboxylic acids is 1. The number of benzene rings is 2. The Morgan fingerprint density at radius 3 is 2.50 bits per heavy atom. The van der Waals surface area contributed by atoms with Crippen molar-refractivity contribution in [3.05, 3.63) is 90.6 Å². The molecule has 0 aliphatic rings. The van der Waals surface area contributed by atoms with E-state index in [9.17, 15) is 13.2 Å². The Hall–Kier alpha value is -4.97. The molecule has 3 heterocycles. The fraction of sp³-hybridized carbons (Fsp3) is 0.143. The second-order valence-corrected chi connectivity index (χ2v) is 10.8. The Morgan fingerprint density at radius 1 is 1.05 bits per heavy atom. The highest BCUT2D eigenvalue weighted by molar-refractivity contribution is 7.92. The average Bonchev–Trinajstić information content (AvgIpc) is 3.35. The lowest BCUT2D eigenvalue weighted by molar-refractivity contribution is 0.104. The number of methoxy groups -OCH3 is 1. The van der Waals surface area contributed by atoms with Gasteiger partial charge in [-0.3, -0.25) is 14.5 Å². The number of pyridine rings is 1. The predicted molar refractivity (Wildman–Crippen MR) is 150 cm³/mol. The first-order chi connectivity index (χ1) is 19.2. The molecule has 0 radical (unpaired) electrons. The Kier molecular flexibility index (Phi) is 7.09. The first-order valence-corrected chi connectivity index (χ1v) is 13.7. The number of hydrogen-bond donors (Lipinski definition) is 2. The number of sulfonamides is 1. The van der Waals surface area contributed by atoms with Crippen molar-refractivity contribution in [3.8, 4) is 17.2 Å². The van der Waals surface area contributed by atoms with E-state index in [1.165, 1.54) is 49.8 Å². The summed E-state index contributed by atoms with van der Waals surface area (Å²) in [6.07, 6.45) is 6.21. The van der Waals surface area contributed by atoms with E-state index < -0.39 is 10.0 Å². The fourth-order valence-electron chi connectivity index (χ4n) is 4.19. The van der Waals surface area contributed by atoms with Gasteiger partial charge in [-0.05, 0) is 68.4 Å². The van der Waals surface area contributed by atoms with Gasteiger partial charge in [0.1, 0.15) is 35.0 Å². The van der Waals surface area contributed by atoms with E-state index in [0.717, 1.165) is 0 Å². The molecule has 3 aromatic heterocycles. The van der Waals surface area contributed by atoms with Crippen LogP contribution in [0.5, 0.6) is 17.2 Å². The average molecular weight is 559 g/mol. The molecule has 0 unspecified atom stereocenters. The first-order valence-electron chi connectivity index (χ1n) is 12.2. The van der Waals surface area contributed by atoms with Crippen LogP contribution in [0.2, 0.25) is 0 Å². The Labute approximate surface area is 230 Å². The Bertz CT molecular complexity index is 1800. The van der Waals surface area contributed by atoms with Crippen LogP contribution in [-0.4, -0.2) is 40.8 Å². The molecule has 0 amide bonds. The molecule has 0 atom stereocenters. The molecule has 40 heavy (non-hydrogen) atoms. The number of rotatable bonds is 9. The third kappa shape index (κ3) is 5.16. The molecular formula is C28H26N6O5S. The predicted octanol–water partition coefficient (Wildman–Crippen LogP) is 4.82. The number of nitrogens with one attached hydrogen (secondary N) is 1. The number of anilines is 2. The standard InChI is InChI=1S/C28H26N6O5S/c1-17(2)34-15-22(25-27(29)31-16-32-28(25)34)26(35)18-6-11-24(38-3)23(13-18)33-40(36,37)21-9-7-19(8-10-21)39-20-5-4-12-30-14-20/h4-17,33H,1-3H3,(H2,29,31,32). The summed E-state index contributed by atoms with van der Waals surface area (Å²) in [5.74, 6) is 1.02. The molecule has 5 aromatic rings. The van der Waals surface area contributed by atoms with E-state index in [2.05, 4.69) is 19.7 Å². The highest BCUT2D eigenvalue weighted by Gasteiger charge is 2.23.